The lowest BCUT2D eigenvalue weighted by Gasteiger charge is -2.04. The van der Waals surface area contributed by atoms with E-state index in [9.17, 15) is 9.90 Å². The SMILES string of the molecule is O=C(NCc1nc(-c2ccc(O)cc2)cs1)c1ccccc1Br. The predicted octanol–water partition coefficient (Wildman–Crippen LogP) is 4.21. The van der Waals surface area contributed by atoms with Gasteiger partial charge in [-0.2, -0.15) is 0 Å². The minimum Gasteiger partial charge on any atom is -0.508 e. The first-order valence-corrected chi connectivity index (χ1v) is 8.57. The summed E-state index contributed by atoms with van der Waals surface area (Å²) in [4.78, 5) is 16.7. The van der Waals surface area contributed by atoms with Crippen molar-refractivity contribution < 1.29 is 9.90 Å². The summed E-state index contributed by atoms with van der Waals surface area (Å²) in [5.74, 6) is 0.0868. The molecule has 1 heterocycles. The van der Waals surface area contributed by atoms with Gasteiger partial charge in [0, 0.05) is 15.4 Å². The third-order valence-corrected chi connectivity index (χ3v) is 4.77. The lowest BCUT2D eigenvalue weighted by Crippen LogP contribution is -2.23. The number of benzene rings is 2. The second-order valence-corrected chi connectivity index (χ2v) is 6.63. The highest BCUT2D eigenvalue weighted by atomic mass is 79.9. The van der Waals surface area contributed by atoms with Gasteiger partial charge in [0.2, 0.25) is 0 Å². The maximum Gasteiger partial charge on any atom is 0.252 e. The summed E-state index contributed by atoms with van der Waals surface area (Å²) in [7, 11) is 0. The van der Waals surface area contributed by atoms with Gasteiger partial charge in [-0.1, -0.05) is 12.1 Å². The van der Waals surface area contributed by atoms with E-state index in [1.165, 1.54) is 11.3 Å². The zero-order valence-corrected chi connectivity index (χ0v) is 14.4. The molecular weight excluding hydrogens is 376 g/mol. The van der Waals surface area contributed by atoms with Crippen LogP contribution >= 0.6 is 27.3 Å². The molecule has 116 valence electrons. The van der Waals surface area contributed by atoms with Crippen LogP contribution in [0.3, 0.4) is 0 Å². The van der Waals surface area contributed by atoms with Crippen LogP contribution in [0.15, 0.2) is 58.4 Å². The Morgan fingerprint density at radius 3 is 2.65 bits per heavy atom. The summed E-state index contributed by atoms with van der Waals surface area (Å²) in [6.07, 6.45) is 0. The molecule has 0 bridgehead atoms. The first-order chi connectivity index (χ1) is 11.1. The molecule has 23 heavy (non-hydrogen) atoms. The number of aromatic nitrogens is 1. The second kappa shape index (κ2) is 6.93. The normalized spacial score (nSPS) is 10.5. The van der Waals surface area contributed by atoms with E-state index < -0.39 is 0 Å². The van der Waals surface area contributed by atoms with E-state index in [1.807, 2.05) is 35.7 Å². The van der Waals surface area contributed by atoms with Crippen molar-refractivity contribution >= 4 is 33.2 Å². The number of hydrogen-bond donors (Lipinski definition) is 2. The standard InChI is InChI=1S/C17H13BrN2O2S/c18-14-4-2-1-3-13(14)17(22)19-9-16-20-15(10-23-16)11-5-7-12(21)8-6-11/h1-8,10,21H,9H2,(H,19,22). The molecule has 0 aliphatic heterocycles. The van der Waals surface area contributed by atoms with E-state index in [0.717, 1.165) is 20.7 Å². The Morgan fingerprint density at radius 1 is 1.17 bits per heavy atom. The average molecular weight is 389 g/mol. The van der Waals surface area contributed by atoms with Crippen molar-refractivity contribution in [2.45, 2.75) is 6.54 Å². The van der Waals surface area contributed by atoms with Gasteiger partial charge in [0.15, 0.2) is 0 Å². The van der Waals surface area contributed by atoms with E-state index in [0.29, 0.717) is 12.1 Å². The number of phenolic OH excluding ortho intramolecular Hbond substituents is 1. The maximum atomic E-state index is 12.2. The van der Waals surface area contributed by atoms with Crippen LogP contribution in [0.25, 0.3) is 11.3 Å². The molecule has 1 aromatic heterocycles. The molecule has 0 spiro atoms. The Morgan fingerprint density at radius 2 is 1.91 bits per heavy atom. The van der Waals surface area contributed by atoms with E-state index in [-0.39, 0.29) is 11.7 Å². The number of nitrogens with zero attached hydrogens (tertiary/aromatic N) is 1. The molecule has 0 aliphatic carbocycles. The molecule has 2 N–H and O–H groups in total. The Balaban J connectivity index is 1.67. The molecule has 0 saturated carbocycles. The van der Waals surface area contributed by atoms with Crippen LogP contribution in [0, 0.1) is 0 Å². The molecule has 6 heteroatoms. The van der Waals surface area contributed by atoms with Crippen LogP contribution in [-0.4, -0.2) is 16.0 Å². The van der Waals surface area contributed by atoms with Gasteiger partial charge >= 0.3 is 0 Å². The van der Waals surface area contributed by atoms with Gasteiger partial charge in [-0.25, -0.2) is 4.98 Å². The average Bonchev–Trinajstić information content (AvgIpc) is 3.03. The zero-order valence-electron chi connectivity index (χ0n) is 12.0. The van der Waals surface area contributed by atoms with Gasteiger partial charge in [-0.15, -0.1) is 11.3 Å². The van der Waals surface area contributed by atoms with Crippen molar-refractivity contribution in [3.63, 3.8) is 0 Å². The number of carbonyl (C=O) groups is 1. The number of halogens is 1. The minimum absolute atomic E-state index is 0.140. The van der Waals surface area contributed by atoms with Crippen LogP contribution in [-0.2, 0) is 6.54 Å². The predicted molar refractivity (Wildman–Crippen MR) is 94.5 cm³/mol. The lowest BCUT2D eigenvalue weighted by atomic mass is 10.2. The van der Waals surface area contributed by atoms with Gasteiger partial charge in [0.1, 0.15) is 10.8 Å². The van der Waals surface area contributed by atoms with E-state index >= 15 is 0 Å². The number of amides is 1. The van der Waals surface area contributed by atoms with Crippen LogP contribution in [0.5, 0.6) is 5.75 Å². The fraction of sp³-hybridized carbons (Fsp3) is 0.0588. The van der Waals surface area contributed by atoms with Crippen molar-refractivity contribution in [3.8, 4) is 17.0 Å². The molecule has 1 amide bonds. The van der Waals surface area contributed by atoms with E-state index in [4.69, 9.17) is 0 Å². The summed E-state index contributed by atoms with van der Waals surface area (Å²) in [6.45, 7) is 0.378. The van der Waals surface area contributed by atoms with Crippen molar-refractivity contribution in [3.05, 3.63) is 69.0 Å². The van der Waals surface area contributed by atoms with Crippen molar-refractivity contribution in [2.75, 3.05) is 0 Å². The van der Waals surface area contributed by atoms with Gasteiger partial charge in [-0.3, -0.25) is 4.79 Å². The number of aromatic hydroxyl groups is 1. The third kappa shape index (κ3) is 3.78. The Kier molecular flexibility index (Phi) is 4.73. The minimum atomic E-state index is -0.140. The molecule has 0 fully saturated rings. The highest BCUT2D eigenvalue weighted by Crippen LogP contribution is 2.24. The molecule has 0 unspecified atom stereocenters. The van der Waals surface area contributed by atoms with Crippen molar-refractivity contribution in [1.82, 2.24) is 10.3 Å². The number of hydrogen-bond acceptors (Lipinski definition) is 4. The molecule has 0 aliphatic rings. The highest BCUT2D eigenvalue weighted by Gasteiger charge is 2.10. The lowest BCUT2D eigenvalue weighted by molar-refractivity contribution is 0.0950. The molecule has 0 atom stereocenters. The van der Waals surface area contributed by atoms with Gasteiger partial charge in [-0.05, 0) is 52.3 Å². The van der Waals surface area contributed by atoms with Gasteiger partial charge in [0.05, 0.1) is 17.8 Å². The summed E-state index contributed by atoms with van der Waals surface area (Å²) in [5.41, 5.74) is 2.37. The number of thiazole rings is 1. The fourth-order valence-electron chi connectivity index (χ4n) is 2.05. The van der Waals surface area contributed by atoms with Crippen molar-refractivity contribution in [2.24, 2.45) is 0 Å². The van der Waals surface area contributed by atoms with Crippen molar-refractivity contribution in [1.29, 1.82) is 0 Å². The van der Waals surface area contributed by atoms with Gasteiger partial charge in [0.25, 0.3) is 5.91 Å². The smallest absolute Gasteiger partial charge is 0.252 e. The first-order valence-electron chi connectivity index (χ1n) is 6.90. The molecule has 4 nitrogen and oxygen atoms in total. The molecular formula is C17H13BrN2O2S. The van der Waals surface area contributed by atoms with Crippen LogP contribution in [0.2, 0.25) is 0 Å². The van der Waals surface area contributed by atoms with E-state index in [2.05, 4.69) is 26.2 Å². The topological polar surface area (TPSA) is 62.2 Å². The van der Waals surface area contributed by atoms with Gasteiger partial charge < -0.3 is 10.4 Å². The molecule has 3 aromatic rings. The largest absolute Gasteiger partial charge is 0.508 e. The summed E-state index contributed by atoms with van der Waals surface area (Å²) in [6, 6.07) is 14.2. The molecule has 0 radical (unpaired) electrons. The zero-order chi connectivity index (χ0) is 16.2. The van der Waals surface area contributed by atoms with Crippen LogP contribution in [0.1, 0.15) is 15.4 Å². The molecule has 2 aromatic carbocycles. The van der Waals surface area contributed by atoms with E-state index in [1.54, 1.807) is 18.2 Å². The quantitative estimate of drug-likeness (QED) is 0.703. The van der Waals surface area contributed by atoms with Crippen LogP contribution < -0.4 is 5.32 Å². The summed E-state index contributed by atoms with van der Waals surface area (Å²) in [5, 5.41) is 14.9. The number of nitrogens with one attached hydrogen (secondary N) is 1. The molecule has 0 saturated heterocycles. The number of carbonyl (C=O) groups excluding carboxylic acids is 1. The monoisotopic (exact) mass is 388 g/mol. The number of rotatable bonds is 4. The summed E-state index contributed by atoms with van der Waals surface area (Å²) >= 11 is 4.86. The third-order valence-electron chi connectivity index (χ3n) is 3.23. The Hall–Kier alpha value is -2.18. The summed E-state index contributed by atoms with van der Waals surface area (Å²) < 4.78 is 0.765. The molecule has 3 rings (SSSR count). The first kappa shape index (κ1) is 15.7. The number of phenols is 1. The maximum absolute atomic E-state index is 12.2. The highest BCUT2D eigenvalue weighted by molar-refractivity contribution is 9.10. The van der Waals surface area contributed by atoms with Crippen LogP contribution in [0.4, 0.5) is 0 Å². The Labute approximate surface area is 146 Å². The fourth-order valence-corrected chi connectivity index (χ4v) is 3.26. The second-order valence-electron chi connectivity index (χ2n) is 4.84. The Bertz CT molecular complexity index is 831.